The Morgan fingerprint density at radius 1 is 0.371 bits per heavy atom. The van der Waals surface area contributed by atoms with Gasteiger partial charge in [0.15, 0.2) is 12.6 Å². The number of ether oxygens (including phenoxy) is 5. The third-order valence-electron chi connectivity index (χ3n) is 13.4. The Morgan fingerprint density at radius 3 is 0.957 bits per heavy atom. The third-order valence-corrected chi connectivity index (χ3v) is 13.4. The molecule has 0 aliphatic rings. The topological polar surface area (TPSA) is 66.5 Å². The summed E-state index contributed by atoms with van der Waals surface area (Å²) in [6.45, 7) is 12.9. The molecule has 0 heterocycles. The highest BCUT2D eigenvalue weighted by atomic mass is 16.7. The summed E-state index contributed by atoms with van der Waals surface area (Å²) in [5.74, 6) is 0.414. The normalized spacial score (nSPS) is 12.4. The van der Waals surface area contributed by atoms with E-state index in [9.17, 15) is 4.79 Å². The smallest absolute Gasteiger partial charge is 0.306 e. The summed E-state index contributed by atoms with van der Waals surface area (Å²) < 4.78 is 30.4. The fourth-order valence-electron chi connectivity index (χ4n) is 8.82. The second-order valence-corrected chi connectivity index (χ2v) is 20.7. The van der Waals surface area contributed by atoms with Crippen molar-refractivity contribution in [1.82, 2.24) is 4.90 Å². The van der Waals surface area contributed by atoms with Gasteiger partial charge in [-0.25, -0.2) is 0 Å². The molecule has 0 unspecified atom stereocenters. The van der Waals surface area contributed by atoms with Crippen molar-refractivity contribution < 1.29 is 28.5 Å². The van der Waals surface area contributed by atoms with Gasteiger partial charge in [-0.3, -0.25) is 4.79 Å². The van der Waals surface area contributed by atoms with E-state index in [0.29, 0.717) is 45.4 Å². The summed E-state index contributed by atoms with van der Waals surface area (Å²) in [7, 11) is 4.05. The molecule has 0 aromatic heterocycles. The van der Waals surface area contributed by atoms with E-state index in [4.69, 9.17) is 23.7 Å². The Kier molecular flexibility index (Phi) is 56.7. The first-order valence-corrected chi connectivity index (χ1v) is 30.3. The predicted molar refractivity (Wildman–Crippen MR) is 304 cm³/mol. The maximum atomic E-state index is 12.8. The first-order chi connectivity index (χ1) is 34.5. The monoisotopic (exact) mass is 986 g/mol. The molecule has 0 atom stereocenters. The lowest BCUT2D eigenvalue weighted by molar-refractivity contribution is -0.145. The molecule has 0 rings (SSSR count). The maximum Gasteiger partial charge on any atom is 0.306 e. The number of esters is 1. The molecule has 0 N–H and O–H groups in total. The predicted octanol–water partition coefficient (Wildman–Crippen LogP) is 18.9. The van der Waals surface area contributed by atoms with E-state index in [1.807, 2.05) is 14.1 Å². The summed E-state index contributed by atoms with van der Waals surface area (Å²) in [6, 6.07) is 0. The van der Waals surface area contributed by atoms with Crippen LogP contribution in [0.15, 0.2) is 48.6 Å². The van der Waals surface area contributed by atoms with E-state index in [2.05, 4.69) is 81.2 Å². The number of allylic oxidation sites excluding steroid dienone is 4. The molecule has 7 nitrogen and oxygen atoms in total. The second-order valence-electron chi connectivity index (χ2n) is 20.7. The SMILES string of the molecule is CCCCCC/C=C\COC(CCCCCCCCCC(CCCCCCCCCC(OC/C=C\CCCCCC)OC/C=C\CCCCCC)CC(=O)OCCN(C)C)OC/C=C\CCCCCC. The number of rotatable bonds is 57. The average Bonchev–Trinajstić information content (AvgIpc) is 3.35. The van der Waals surface area contributed by atoms with Gasteiger partial charge in [0, 0.05) is 13.0 Å². The second kappa shape index (κ2) is 58.1. The number of hydrogen-bond donors (Lipinski definition) is 0. The molecule has 0 aromatic rings. The molecule has 0 saturated carbocycles. The zero-order chi connectivity index (χ0) is 50.9. The van der Waals surface area contributed by atoms with Crippen LogP contribution in [0, 0.1) is 5.92 Å². The molecule has 412 valence electrons. The lowest BCUT2D eigenvalue weighted by Gasteiger charge is -2.17. The number of unbranched alkanes of at least 4 members (excludes halogenated alkanes) is 28. The van der Waals surface area contributed by atoms with E-state index in [-0.39, 0.29) is 18.5 Å². The molecule has 0 saturated heterocycles. The molecule has 7 heteroatoms. The first-order valence-electron chi connectivity index (χ1n) is 30.3. The van der Waals surface area contributed by atoms with Gasteiger partial charge in [-0.1, -0.05) is 230 Å². The number of carbonyl (C=O) groups is 1. The van der Waals surface area contributed by atoms with Crippen LogP contribution in [-0.2, 0) is 28.5 Å². The third kappa shape index (κ3) is 54.0. The first kappa shape index (κ1) is 68.2. The van der Waals surface area contributed by atoms with E-state index >= 15 is 0 Å². The van der Waals surface area contributed by atoms with Crippen LogP contribution in [0.5, 0.6) is 0 Å². The molecule has 0 bridgehead atoms. The number of likely N-dealkylation sites (N-methyl/N-ethyl adjacent to an activating group) is 1. The van der Waals surface area contributed by atoms with Gasteiger partial charge in [-0.05, 0) is 110 Å². The van der Waals surface area contributed by atoms with E-state index in [1.54, 1.807) is 0 Å². The molecule has 0 aromatic carbocycles. The van der Waals surface area contributed by atoms with Gasteiger partial charge in [-0.2, -0.15) is 0 Å². The van der Waals surface area contributed by atoms with Crippen molar-refractivity contribution in [2.24, 2.45) is 5.92 Å². The summed E-state index contributed by atoms with van der Waals surface area (Å²) in [5.41, 5.74) is 0. The molecule has 0 amide bonds. The largest absolute Gasteiger partial charge is 0.464 e. The van der Waals surface area contributed by atoms with Crippen molar-refractivity contribution in [2.75, 3.05) is 53.7 Å². The average molecular weight is 987 g/mol. The van der Waals surface area contributed by atoms with Crippen molar-refractivity contribution in [2.45, 2.75) is 291 Å². The molecular weight excluding hydrogens is 867 g/mol. The minimum Gasteiger partial charge on any atom is -0.464 e. The van der Waals surface area contributed by atoms with Crippen LogP contribution < -0.4 is 0 Å². The highest BCUT2D eigenvalue weighted by Gasteiger charge is 2.16. The fourth-order valence-corrected chi connectivity index (χ4v) is 8.82. The summed E-state index contributed by atoms with van der Waals surface area (Å²) >= 11 is 0. The van der Waals surface area contributed by atoms with Crippen molar-refractivity contribution in [3.05, 3.63) is 48.6 Å². The van der Waals surface area contributed by atoms with E-state index in [1.165, 1.54) is 180 Å². The number of nitrogens with zero attached hydrogens (tertiary/aromatic N) is 1. The van der Waals surface area contributed by atoms with Crippen molar-refractivity contribution in [3.8, 4) is 0 Å². The summed E-state index contributed by atoms with van der Waals surface area (Å²) in [6.07, 6.45) is 65.0. The highest BCUT2D eigenvalue weighted by Crippen LogP contribution is 2.24. The zero-order valence-corrected chi connectivity index (χ0v) is 47.6. The number of carbonyl (C=O) groups excluding carboxylic acids is 1. The molecule has 0 spiro atoms. The fraction of sp³-hybridized carbons (Fsp3) is 0.857. The molecule has 0 fully saturated rings. The van der Waals surface area contributed by atoms with Gasteiger partial charge in [0.2, 0.25) is 0 Å². The van der Waals surface area contributed by atoms with Crippen molar-refractivity contribution >= 4 is 5.97 Å². The highest BCUT2D eigenvalue weighted by molar-refractivity contribution is 5.69. The van der Waals surface area contributed by atoms with Crippen LogP contribution in [0.1, 0.15) is 278 Å². The van der Waals surface area contributed by atoms with Crippen LogP contribution in [0.2, 0.25) is 0 Å². The van der Waals surface area contributed by atoms with Crippen molar-refractivity contribution in [1.29, 1.82) is 0 Å². The lowest BCUT2D eigenvalue weighted by atomic mass is 9.91. The molecule has 0 radical (unpaired) electrons. The van der Waals surface area contributed by atoms with Gasteiger partial charge < -0.3 is 28.6 Å². The van der Waals surface area contributed by atoms with Crippen LogP contribution in [0.25, 0.3) is 0 Å². The van der Waals surface area contributed by atoms with Gasteiger partial charge in [-0.15, -0.1) is 0 Å². The zero-order valence-electron chi connectivity index (χ0n) is 47.6. The van der Waals surface area contributed by atoms with Gasteiger partial charge >= 0.3 is 5.97 Å². The number of hydrogen-bond acceptors (Lipinski definition) is 7. The van der Waals surface area contributed by atoms with Gasteiger partial charge in [0.05, 0.1) is 26.4 Å². The Balaban J connectivity index is 4.65. The minimum absolute atomic E-state index is 0.0156. The minimum atomic E-state index is -0.130. The lowest BCUT2D eigenvalue weighted by Crippen LogP contribution is -2.21. The standard InChI is InChI=1S/C63H119NO6/c1-7-11-15-19-29-37-45-54-67-62(68-55-46-38-30-20-16-12-8-2)51-43-35-27-23-25-33-41-49-60(59-61(65)66-58-53-64(5)6)50-42-34-26-24-28-36-44-52-63(69-56-47-39-31-21-17-13-9-3)70-57-48-40-32-22-18-14-10-4/h37-40,45-48,60,62-63H,7-36,41-44,49-59H2,1-6H3/b45-37-,46-38-,47-39-,48-40-. The maximum absolute atomic E-state index is 12.8. The van der Waals surface area contributed by atoms with Gasteiger partial charge in [0.25, 0.3) is 0 Å². The Hall–Kier alpha value is -1.77. The Bertz CT molecular complexity index is 1030. The molecular formula is C63H119NO6. The van der Waals surface area contributed by atoms with E-state index in [0.717, 1.165) is 70.8 Å². The molecule has 0 aliphatic heterocycles. The summed E-state index contributed by atoms with van der Waals surface area (Å²) in [5, 5.41) is 0. The van der Waals surface area contributed by atoms with Crippen LogP contribution >= 0.6 is 0 Å². The Labute approximate surface area is 436 Å². The van der Waals surface area contributed by atoms with Crippen molar-refractivity contribution in [3.63, 3.8) is 0 Å². The van der Waals surface area contributed by atoms with Crippen LogP contribution in [-0.4, -0.2) is 77.1 Å². The molecule has 70 heavy (non-hydrogen) atoms. The quantitative estimate of drug-likeness (QED) is 0.0260. The molecule has 0 aliphatic carbocycles. The van der Waals surface area contributed by atoms with Crippen LogP contribution in [0.4, 0.5) is 0 Å². The summed E-state index contributed by atoms with van der Waals surface area (Å²) in [4.78, 5) is 14.9. The Morgan fingerprint density at radius 2 is 0.657 bits per heavy atom. The van der Waals surface area contributed by atoms with E-state index < -0.39 is 0 Å². The van der Waals surface area contributed by atoms with Crippen LogP contribution in [0.3, 0.4) is 0 Å². The van der Waals surface area contributed by atoms with Gasteiger partial charge in [0.1, 0.15) is 6.61 Å².